The van der Waals surface area contributed by atoms with Crippen molar-refractivity contribution in [3.63, 3.8) is 0 Å². The molecule has 140 valence electrons. The summed E-state index contributed by atoms with van der Waals surface area (Å²) >= 11 is 0. The lowest BCUT2D eigenvalue weighted by molar-refractivity contribution is -0.385. The Bertz CT molecular complexity index is 894. The number of esters is 1. The van der Waals surface area contributed by atoms with Crippen LogP contribution in [0.3, 0.4) is 0 Å². The maximum absolute atomic E-state index is 12.4. The van der Waals surface area contributed by atoms with Gasteiger partial charge in [-0.2, -0.15) is 0 Å². The SMILES string of the molecule is COc1ccc(N2CC(C(=O)Oc3ccc([N+](=O)[O-])c(C)c3)CC2=O)cc1. The summed E-state index contributed by atoms with van der Waals surface area (Å²) in [5, 5.41) is 10.9. The van der Waals surface area contributed by atoms with Crippen LogP contribution in [0.5, 0.6) is 11.5 Å². The normalized spacial score (nSPS) is 16.3. The van der Waals surface area contributed by atoms with E-state index < -0.39 is 16.8 Å². The molecule has 2 aromatic carbocycles. The molecule has 1 fully saturated rings. The first kappa shape index (κ1) is 18.4. The molecule has 1 aliphatic heterocycles. The Kier molecular flexibility index (Phi) is 5.07. The van der Waals surface area contributed by atoms with Crippen LogP contribution in [0, 0.1) is 23.0 Å². The Hall–Kier alpha value is -3.42. The van der Waals surface area contributed by atoms with Gasteiger partial charge in [-0.25, -0.2) is 0 Å². The summed E-state index contributed by atoms with van der Waals surface area (Å²) in [6, 6.07) is 11.1. The predicted octanol–water partition coefficient (Wildman–Crippen LogP) is 2.87. The van der Waals surface area contributed by atoms with Gasteiger partial charge in [0.1, 0.15) is 11.5 Å². The van der Waals surface area contributed by atoms with Crippen molar-refractivity contribution in [2.75, 3.05) is 18.6 Å². The van der Waals surface area contributed by atoms with Crippen molar-refractivity contribution in [3.05, 3.63) is 58.1 Å². The zero-order chi connectivity index (χ0) is 19.6. The highest BCUT2D eigenvalue weighted by atomic mass is 16.6. The Labute approximate surface area is 155 Å². The fourth-order valence-electron chi connectivity index (χ4n) is 2.97. The predicted molar refractivity (Wildman–Crippen MR) is 96.9 cm³/mol. The second kappa shape index (κ2) is 7.45. The molecule has 1 aliphatic rings. The Morgan fingerprint density at radius 3 is 2.44 bits per heavy atom. The zero-order valence-electron chi connectivity index (χ0n) is 14.9. The van der Waals surface area contributed by atoms with Gasteiger partial charge in [0.05, 0.1) is 18.0 Å². The number of benzene rings is 2. The van der Waals surface area contributed by atoms with E-state index in [9.17, 15) is 19.7 Å². The van der Waals surface area contributed by atoms with Crippen molar-refractivity contribution in [2.24, 2.45) is 5.92 Å². The van der Waals surface area contributed by atoms with Gasteiger partial charge in [-0.1, -0.05) is 0 Å². The fourth-order valence-corrected chi connectivity index (χ4v) is 2.97. The van der Waals surface area contributed by atoms with Gasteiger partial charge >= 0.3 is 5.97 Å². The molecule has 0 bridgehead atoms. The van der Waals surface area contributed by atoms with Crippen molar-refractivity contribution in [1.82, 2.24) is 0 Å². The van der Waals surface area contributed by atoms with Gasteiger partial charge < -0.3 is 14.4 Å². The fraction of sp³-hybridized carbons (Fsp3) is 0.263. The summed E-state index contributed by atoms with van der Waals surface area (Å²) in [5.41, 5.74) is 1.03. The topological polar surface area (TPSA) is 99.0 Å². The molecule has 27 heavy (non-hydrogen) atoms. The Morgan fingerprint density at radius 2 is 1.85 bits per heavy atom. The van der Waals surface area contributed by atoms with E-state index in [1.807, 2.05) is 0 Å². The highest BCUT2D eigenvalue weighted by molar-refractivity contribution is 5.99. The number of rotatable bonds is 5. The van der Waals surface area contributed by atoms with Crippen molar-refractivity contribution in [2.45, 2.75) is 13.3 Å². The molecule has 8 heteroatoms. The molecule has 0 spiro atoms. The highest BCUT2D eigenvalue weighted by Crippen LogP contribution is 2.29. The van der Waals surface area contributed by atoms with E-state index in [2.05, 4.69) is 0 Å². The maximum atomic E-state index is 12.4. The van der Waals surface area contributed by atoms with Crippen molar-refractivity contribution in [1.29, 1.82) is 0 Å². The number of nitro benzene ring substituents is 1. The molecule has 1 unspecified atom stereocenters. The first-order chi connectivity index (χ1) is 12.9. The van der Waals surface area contributed by atoms with Crippen molar-refractivity contribution in [3.8, 4) is 11.5 Å². The third kappa shape index (κ3) is 3.89. The molecular weight excluding hydrogens is 352 g/mol. The molecule has 1 heterocycles. The van der Waals surface area contributed by atoms with Crippen molar-refractivity contribution >= 4 is 23.3 Å². The summed E-state index contributed by atoms with van der Waals surface area (Å²) in [5.74, 6) is -0.405. The van der Waals surface area contributed by atoms with E-state index in [0.29, 0.717) is 17.0 Å². The number of hydrogen-bond donors (Lipinski definition) is 0. The number of aryl methyl sites for hydroxylation is 1. The lowest BCUT2D eigenvalue weighted by Crippen LogP contribution is -2.27. The molecule has 3 rings (SSSR count). The molecular formula is C19H18N2O6. The van der Waals surface area contributed by atoms with Crippen molar-refractivity contribution < 1.29 is 24.0 Å². The second-order valence-corrected chi connectivity index (χ2v) is 6.23. The number of ether oxygens (including phenoxy) is 2. The van der Waals surface area contributed by atoms with Crippen LogP contribution in [-0.2, 0) is 9.59 Å². The number of nitrogens with zero attached hydrogens (tertiary/aromatic N) is 2. The maximum Gasteiger partial charge on any atom is 0.316 e. The van der Waals surface area contributed by atoms with Gasteiger partial charge in [-0.05, 0) is 43.3 Å². The van der Waals surface area contributed by atoms with Crippen LogP contribution in [0.4, 0.5) is 11.4 Å². The summed E-state index contributed by atoms with van der Waals surface area (Å²) in [6.07, 6.45) is 0.0524. The molecule has 0 saturated carbocycles. The largest absolute Gasteiger partial charge is 0.497 e. The number of anilines is 1. The van der Waals surface area contributed by atoms with E-state index in [1.165, 1.54) is 23.1 Å². The standard InChI is InChI=1S/C19H18N2O6/c1-12-9-16(7-8-17(12)21(24)25)27-19(23)13-10-18(22)20(11-13)14-3-5-15(26-2)6-4-14/h3-9,13H,10-11H2,1-2H3. The van der Waals surface area contributed by atoms with E-state index in [1.54, 1.807) is 38.3 Å². The van der Waals surface area contributed by atoms with E-state index >= 15 is 0 Å². The van der Waals surface area contributed by atoms with Crippen LogP contribution in [0.1, 0.15) is 12.0 Å². The molecule has 1 saturated heterocycles. The number of carbonyl (C=O) groups is 2. The van der Waals surface area contributed by atoms with Crippen LogP contribution in [0.25, 0.3) is 0 Å². The van der Waals surface area contributed by atoms with Gasteiger partial charge in [-0.15, -0.1) is 0 Å². The zero-order valence-corrected chi connectivity index (χ0v) is 14.9. The minimum Gasteiger partial charge on any atom is -0.497 e. The van der Waals surface area contributed by atoms with Gasteiger partial charge in [0.25, 0.3) is 5.69 Å². The second-order valence-electron chi connectivity index (χ2n) is 6.23. The van der Waals surface area contributed by atoms with Crippen LogP contribution >= 0.6 is 0 Å². The van der Waals surface area contributed by atoms with Gasteiger partial charge in [0.2, 0.25) is 5.91 Å². The average Bonchev–Trinajstić information content (AvgIpc) is 3.03. The van der Waals surface area contributed by atoms with Gasteiger partial charge in [0, 0.05) is 30.3 Å². The first-order valence-corrected chi connectivity index (χ1v) is 8.30. The average molecular weight is 370 g/mol. The first-order valence-electron chi connectivity index (χ1n) is 8.30. The molecule has 0 radical (unpaired) electrons. The van der Waals surface area contributed by atoms with Gasteiger partial charge in [-0.3, -0.25) is 19.7 Å². The van der Waals surface area contributed by atoms with Gasteiger partial charge in [0.15, 0.2) is 0 Å². The summed E-state index contributed by atoms with van der Waals surface area (Å²) in [6.45, 7) is 1.79. The third-order valence-electron chi connectivity index (χ3n) is 4.43. The number of hydrogen-bond acceptors (Lipinski definition) is 6. The van der Waals surface area contributed by atoms with E-state index in [0.717, 1.165) is 0 Å². The van der Waals surface area contributed by atoms with Crippen LogP contribution < -0.4 is 14.4 Å². The molecule has 0 aromatic heterocycles. The number of methoxy groups -OCH3 is 1. The quantitative estimate of drug-likeness (QED) is 0.347. The minimum atomic E-state index is -0.602. The Morgan fingerprint density at radius 1 is 1.19 bits per heavy atom. The van der Waals surface area contributed by atoms with Crippen LogP contribution in [-0.4, -0.2) is 30.5 Å². The summed E-state index contributed by atoms with van der Waals surface area (Å²) in [7, 11) is 1.56. The smallest absolute Gasteiger partial charge is 0.316 e. The van der Waals surface area contributed by atoms with E-state index in [4.69, 9.17) is 9.47 Å². The number of carbonyl (C=O) groups excluding carboxylic acids is 2. The summed E-state index contributed by atoms with van der Waals surface area (Å²) < 4.78 is 10.4. The van der Waals surface area contributed by atoms with E-state index in [-0.39, 0.29) is 30.3 Å². The lowest BCUT2D eigenvalue weighted by atomic mass is 10.1. The monoisotopic (exact) mass is 370 g/mol. The highest BCUT2D eigenvalue weighted by Gasteiger charge is 2.36. The number of amides is 1. The lowest BCUT2D eigenvalue weighted by Gasteiger charge is -2.17. The molecule has 1 amide bonds. The third-order valence-corrected chi connectivity index (χ3v) is 4.43. The molecule has 8 nitrogen and oxygen atoms in total. The van der Waals surface area contributed by atoms with Crippen LogP contribution in [0.15, 0.2) is 42.5 Å². The molecule has 2 aromatic rings. The van der Waals surface area contributed by atoms with Crippen LogP contribution in [0.2, 0.25) is 0 Å². The summed E-state index contributed by atoms with van der Waals surface area (Å²) in [4.78, 5) is 36.6. The molecule has 0 aliphatic carbocycles. The minimum absolute atomic E-state index is 0.0449. The molecule has 1 atom stereocenters. The number of nitro groups is 1. The molecule has 0 N–H and O–H groups in total. The Balaban J connectivity index is 1.68.